The highest BCUT2D eigenvalue weighted by Crippen LogP contribution is 2.27. The summed E-state index contributed by atoms with van der Waals surface area (Å²) in [6.07, 6.45) is 0. The molecule has 0 N–H and O–H groups in total. The van der Waals surface area contributed by atoms with Gasteiger partial charge in [-0.25, -0.2) is 0 Å². The second kappa shape index (κ2) is 4.40. The zero-order valence-electron chi connectivity index (χ0n) is 7.03. The average Bonchev–Trinajstić information content (AvgIpc) is 2.01. The van der Waals surface area contributed by atoms with Crippen LogP contribution in [-0.4, -0.2) is 7.11 Å². The molecule has 0 saturated carbocycles. The Morgan fingerprint density at radius 3 is 2.50 bits per heavy atom. The minimum Gasteiger partial charge on any atom is -0.380 e. The number of aryl methyl sites for hydroxylation is 1. The molecule has 1 nitrogen and oxygen atoms in total. The van der Waals surface area contributed by atoms with Gasteiger partial charge in [-0.3, -0.25) is 0 Å². The van der Waals surface area contributed by atoms with Crippen LogP contribution in [0.5, 0.6) is 0 Å². The van der Waals surface area contributed by atoms with Gasteiger partial charge in [0, 0.05) is 16.1 Å². The fraction of sp³-hybridized carbons (Fsp3) is 0.333. The highest BCUT2D eigenvalue weighted by atomic mass is 79.9. The number of hydrogen-bond acceptors (Lipinski definition) is 1. The quantitative estimate of drug-likeness (QED) is 0.808. The van der Waals surface area contributed by atoms with Crippen LogP contribution in [0.2, 0.25) is 0 Å². The molecule has 0 aromatic heterocycles. The third-order valence-corrected chi connectivity index (χ3v) is 3.79. The van der Waals surface area contributed by atoms with Gasteiger partial charge < -0.3 is 4.74 Å². The molecule has 0 saturated heterocycles. The Bertz CT molecular complexity index is 261. The lowest BCUT2D eigenvalue weighted by Crippen LogP contribution is -1.89. The first kappa shape index (κ1) is 10.2. The first-order chi connectivity index (χ1) is 5.65. The number of methoxy groups -OCH3 is 1. The van der Waals surface area contributed by atoms with Crippen molar-refractivity contribution in [2.45, 2.75) is 13.5 Å². The predicted molar refractivity (Wildman–Crippen MR) is 57.3 cm³/mol. The highest BCUT2D eigenvalue weighted by Gasteiger charge is 2.02. The number of halogens is 2. The molecule has 0 atom stereocenters. The van der Waals surface area contributed by atoms with Gasteiger partial charge in [-0.2, -0.15) is 0 Å². The molecule has 3 heteroatoms. The van der Waals surface area contributed by atoms with Gasteiger partial charge in [-0.15, -0.1) is 0 Å². The Kier molecular flexibility index (Phi) is 3.75. The topological polar surface area (TPSA) is 9.23 Å². The second-order valence-electron chi connectivity index (χ2n) is 2.64. The maximum atomic E-state index is 5.04. The average molecular weight is 294 g/mol. The number of rotatable bonds is 2. The van der Waals surface area contributed by atoms with Crippen LogP contribution in [0, 0.1) is 6.92 Å². The smallest absolute Gasteiger partial charge is 0.0713 e. The van der Waals surface area contributed by atoms with E-state index < -0.39 is 0 Å². The van der Waals surface area contributed by atoms with E-state index in [-0.39, 0.29) is 0 Å². The van der Waals surface area contributed by atoms with Gasteiger partial charge in [0.25, 0.3) is 0 Å². The minimum atomic E-state index is 0.659. The molecular weight excluding hydrogens is 284 g/mol. The van der Waals surface area contributed by atoms with Crippen molar-refractivity contribution in [2.24, 2.45) is 0 Å². The van der Waals surface area contributed by atoms with Crippen molar-refractivity contribution in [1.82, 2.24) is 0 Å². The van der Waals surface area contributed by atoms with Crippen LogP contribution in [0.4, 0.5) is 0 Å². The molecule has 0 bridgehead atoms. The molecule has 0 radical (unpaired) electrons. The van der Waals surface area contributed by atoms with Crippen LogP contribution >= 0.6 is 31.9 Å². The van der Waals surface area contributed by atoms with E-state index in [0.29, 0.717) is 6.61 Å². The Labute approximate surface area is 89.4 Å². The first-order valence-electron chi connectivity index (χ1n) is 3.58. The molecule has 0 fully saturated rings. The predicted octanol–water partition coefficient (Wildman–Crippen LogP) is 3.67. The molecule has 0 aliphatic heterocycles. The SMILES string of the molecule is COCc1cc(C)c(Br)c(Br)c1. The third kappa shape index (κ3) is 2.31. The van der Waals surface area contributed by atoms with Crippen molar-refractivity contribution in [3.8, 4) is 0 Å². The number of ether oxygens (including phenoxy) is 1. The van der Waals surface area contributed by atoms with Gasteiger partial charge in [0.05, 0.1) is 6.61 Å². The minimum absolute atomic E-state index is 0.659. The largest absolute Gasteiger partial charge is 0.380 e. The molecule has 0 unspecified atom stereocenters. The summed E-state index contributed by atoms with van der Waals surface area (Å²) in [6.45, 7) is 2.72. The molecule has 1 rings (SSSR count). The summed E-state index contributed by atoms with van der Waals surface area (Å²) >= 11 is 6.94. The summed E-state index contributed by atoms with van der Waals surface area (Å²) in [5.41, 5.74) is 2.40. The van der Waals surface area contributed by atoms with E-state index in [4.69, 9.17) is 4.74 Å². The lowest BCUT2D eigenvalue weighted by molar-refractivity contribution is 0.185. The van der Waals surface area contributed by atoms with Crippen molar-refractivity contribution in [3.05, 3.63) is 32.2 Å². The van der Waals surface area contributed by atoms with Crippen LogP contribution in [0.25, 0.3) is 0 Å². The Morgan fingerprint density at radius 1 is 1.33 bits per heavy atom. The summed E-state index contributed by atoms with van der Waals surface area (Å²) in [6, 6.07) is 4.17. The Hall–Kier alpha value is 0.140. The molecular formula is C9H10Br2O. The third-order valence-electron chi connectivity index (χ3n) is 1.58. The Balaban J connectivity index is 3.04. The van der Waals surface area contributed by atoms with Gasteiger partial charge >= 0.3 is 0 Å². The van der Waals surface area contributed by atoms with Crippen molar-refractivity contribution in [1.29, 1.82) is 0 Å². The summed E-state index contributed by atoms with van der Waals surface area (Å²) < 4.78 is 7.23. The van der Waals surface area contributed by atoms with E-state index in [1.54, 1.807) is 7.11 Å². The van der Waals surface area contributed by atoms with Crippen molar-refractivity contribution < 1.29 is 4.74 Å². The van der Waals surface area contributed by atoms with E-state index in [1.165, 1.54) is 11.1 Å². The fourth-order valence-electron chi connectivity index (χ4n) is 1.05. The standard InChI is InChI=1S/C9H10Br2O/c1-6-3-7(5-12-2)4-8(10)9(6)11/h3-4H,5H2,1-2H3. The molecule has 66 valence electrons. The van der Waals surface area contributed by atoms with Crippen molar-refractivity contribution in [3.63, 3.8) is 0 Å². The summed E-state index contributed by atoms with van der Waals surface area (Å²) in [5.74, 6) is 0. The van der Waals surface area contributed by atoms with Gasteiger partial charge in [-0.1, -0.05) is 6.07 Å². The molecule has 1 aromatic rings. The lowest BCUT2D eigenvalue weighted by Gasteiger charge is -2.05. The zero-order chi connectivity index (χ0) is 9.14. The van der Waals surface area contributed by atoms with Gasteiger partial charge in [0.1, 0.15) is 0 Å². The molecule has 1 aromatic carbocycles. The number of hydrogen-bond donors (Lipinski definition) is 0. The first-order valence-corrected chi connectivity index (χ1v) is 5.17. The van der Waals surface area contributed by atoms with Gasteiger partial charge in [0.2, 0.25) is 0 Å². The van der Waals surface area contributed by atoms with E-state index >= 15 is 0 Å². The molecule has 0 aliphatic rings. The normalized spacial score (nSPS) is 10.3. The summed E-state index contributed by atoms with van der Waals surface area (Å²) in [5, 5.41) is 0. The lowest BCUT2D eigenvalue weighted by atomic mass is 10.1. The monoisotopic (exact) mass is 292 g/mol. The maximum Gasteiger partial charge on any atom is 0.0713 e. The maximum absolute atomic E-state index is 5.04. The molecule has 0 heterocycles. The van der Waals surface area contributed by atoms with Crippen LogP contribution in [0.15, 0.2) is 21.1 Å². The van der Waals surface area contributed by atoms with Gasteiger partial charge in [0.15, 0.2) is 0 Å². The van der Waals surface area contributed by atoms with E-state index in [9.17, 15) is 0 Å². The van der Waals surface area contributed by atoms with Crippen LogP contribution in [0.1, 0.15) is 11.1 Å². The zero-order valence-corrected chi connectivity index (χ0v) is 10.2. The van der Waals surface area contributed by atoms with Crippen LogP contribution in [-0.2, 0) is 11.3 Å². The highest BCUT2D eigenvalue weighted by molar-refractivity contribution is 9.13. The number of benzene rings is 1. The van der Waals surface area contributed by atoms with Crippen LogP contribution < -0.4 is 0 Å². The molecule has 12 heavy (non-hydrogen) atoms. The van der Waals surface area contributed by atoms with E-state index in [0.717, 1.165) is 8.95 Å². The Morgan fingerprint density at radius 2 is 2.00 bits per heavy atom. The van der Waals surface area contributed by atoms with E-state index in [1.807, 2.05) is 0 Å². The molecule has 0 spiro atoms. The second-order valence-corrected chi connectivity index (χ2v) is 4.29. The fourth-order valence-corrected chi connectivity index (χ4v) is 1.88. The van der Waals surface area contributed by atoms with Crippen molar-refractivity contribution in [2.75, 3.05) is 7.11 Å². The molecule has 0 amide bonds. The molecule has 0 aliphatic carbocycles. The summed E-state index contributed by atoms with van der Waals surface area (Å²) in [4.78, 5) is 0. The van der Waals surface area contributed by atoms with E-state index in [2.05, 4.69) is 50.9 Å². The summed E-state index contributed by atoms with van der Waals surface area (Å²) in [7, 11) is 1.70. The van der Waals surface area contributed by atoms with Crippen molar-refractivity contribution >= 4 is 31.9 Å². The van der Waals surface area contributed by atoms with Gasteiger partial charge in [-0.05, 0) is 56.0 Å². The van der Waals surface area contributed by atoms with Crippen LogP contribution in [0.3, 0.4) is 0 Å².